The molecule has 0 aliphatic heterocycles. The van der Waals surface area contributed by atoms with Gasteiger partial charge in [-0.1, -0.05) is 11.6 Å². The molecule has 3 nitrogen and oxygen atoms in total. The van der Waals surface area contributed by atoms with Crippen LogP contribution in [0, 0.1) is 0 Å². The van der Waals surface area contributed by atoms with Gasteiger partial charge < -0.3 is 5.11 Å². The average molecular weight is 262 g/mol. The summed E-state index contributed by atoms with van der Waals surface area (Å²) in [5.41, 5.74) is 1.38. The largest absolute Gasteiger partial charge is 0.390 e. The SMILES string of the molecule is OCc1cnc2c(Cl)cc(Br)cn12. The zero-order valence-electron chi connectivity index (χ0n) is 6.54. The molecule has 0 amide bonds. The highest BCUT2D eigenvalue weighted by Crippen LogP contribution is 2.22. The third kappa shape index (κ3) is 1.45. The number of halogens is 2. The van der Waals surface area contributed by atoms with Crippen molar-refractivity contribution in [1.82, 2.24) is 9.38 Å². The van der Waals surface area contributed by atoms with E-state index in [-0.39, 0.29) is 6.61 Å². The van der Waals surface area contributed by atoms with Gasteiger partial charge in [0.2, 0.25) is 0 Å². The Balaban J connectivity index is 2.82. The molecule has 0 aliphatic rings. The van der Waals surface area contributed by atoms with E-state index in [1.807, 2.05) is 6.20 Å². The Labute approximate surface area is 88.1 Å². The molecule has 13 heavy (non-hydrogen) atoms. The zero-order chi connectivity index (χ0) is 9.42. The molecule has 5 heteroatoms. The summed E-state index contributed by atoms with van der Waals surface area (Å²) in [7, 11) is 0. The Morgan fingerprint density at radius 2 is 2.38 bits per heavy atom. The van der Waals surface area contributed by atoms with E-state index in [1.54, 1.807) is 16.7 Å². The third-order valence-corrected chi connectivity index (χ3v) is 2.48. The van der Waals surface area contributed by atoms with E-state index in [2.05, 4.69) is 20.9 Å². The molecular weight excluding hydrogens is 255 g/mol. The first-order chi connectivity index (χ1) is 6.22. The number of imidazole rings is 1. The predicted octanol–water partition coefficient (Wildman–Crippen LogP) is 2.24. The van der Waals surface area contributed by atoms with Crippen LogP contribution in [-0.4, -0.2) is 14.5 Å². The van der Waals surface area contributed by atoms with Crippen LogP contribution in [0.15, 0.2) is 22.9 Å². The van der Waals surface area contributed by atoms with Crippen LogP contribution >= 0.6 is 27.5 Å². The minimum atomic E-state index is -0.0477. The number of rotatable bonds is 1. The van der Waals surface area contributed by atoms with Gasteiger partial charge in [0.1, 0.15) is 0 Å². The molecule has 1 N–H and O–H groups in total. The van der Waals surface area contributed by atoms with Crippen molar-refractivity contribution in [2.75, 3.05) is 0 Å². The highest BCUT2D eigenvalue weighted by molar-refractivity contribution is 9.10. The Morgan fingerprint density at radius 3 is 3.08 bits per heavy atom. The van der Waals surface area contributed by atoms with Crippen molar-refractivity contribution in [3.05, 3.63) is 33.6 Å². The van der Waals surface area contributed by atoms with Gasteiger partial charge in [0.25, 0.3) is 0 Å². The maximum atomic E-state index is 8.99. The number of aromatic nitrogens is 2. The second-order valence-corrected chi connectivity index (χ2v) is 3.93. The normalized spacial score (nSPS) is 11.0. The van der Waals surface area contributed by atoms with Crippen molar-refractivity contribution in [3.8, 4) is 0 Å². The van der Waals surface area contributed by atoms with Crippen molar-refractivity contribution in [2.45, 2.75) is 6.61 Å². The molecule has 68 valence electrons. The molecule has 2 rings (SSSR count). The summed E-state index contributed by atoms with van der Waals surface area (Å²) < 4.78 is 2.62. The lowest BCUT2D eigenvalue weighted by atomic mass is 10.4. The maximum Gasteiger partial charge on any atom is 0.155 e. The summed E-state index contributed by atoms with van der Waals surface area (Å²) in [6.07, 6.45) is 3.42. The van der Waals surface area contributed by atoms with Gasteiger partial charge in [-0.3, -0.25) is 4.40 Å². The quantitative estimate of drug-likeness (QED) is 0.855. The maximum absolute atomic E-state index is 8.99. The van der Waals surface area contributed by atoms with Crippen LogP contribution in [0.25, 0.3) is 5.65 Å². The lowest BCUT2D eigenvalue weighted by Gasteiger charge is -2.00. The molecule has 2 aromatic rings. The summed E-state index contributed by atoms with van der Waals surface area (Å²) in [5.74, 6) is 0. The number of hydrogen-bond donors (Lipinski definition) is 1. The Hall–Kier alpha value is -0.580. The van der Waals surface area contributed by atoms with Crippen LogP contribution in [-0.2, 0) is 6.61 Å². The highest BCUT2D eigenvalue weighted by atomic mass is 79.9. The van der Waals surface area contributed by atoms with E-state index in [4.69, 9.17) is 16.7 Å². The minimum absolute atomic E-state index is 0.0477. The van der Waals surface area contributed by atoms with E-state index in [0.29, 0.717) is 10.7 Å². The third-order valence-electron chi connectivity index (χ3n) is 1.77. The molecule has 0 fully saturated rings. The first-order valence-corrected chi connectivity index (χ1v) is 4.81. The van der Waals surface area contributed by atoms with Crippen LogP contribution < -0.4 is 0 Å². The van der Waals surface area contributed by atoms with Crippen molar-refractivity contribution >= 4 is 33.2 Å². The lowest BCUT2D eigenvalue weighted by molar-refractivity contribution is 0.276. The molecule has 2 heterocycles. The van der Waals surface area contributed by atoms with Gasteiger partial charge in [-0.2, -0.15) is 0 Å². The predicted molar refractivity (Wildman–Crippen MR) is 53.8 cm³/mol. The number of pyridine rings is 1. The molecule has 0 radical (unpaired) electrons. The Morgan fingerprint density at radius 1 is 1.62 bits per heavy atom. The number of nitrogens with zero attached hydrogens (tertiary/aromatic N) is 2. The van der Waals surface area contributed by atoms with Crippen LogP contribution in [0.2, 0.25) is 5.02 Å². The topological polar surface area (TPSA) is 37.5 Å². The fraction of sp³-hybridized carbons (Fsp3) is 0.125. The highest BCUT2D eigenvalue weighted by Gasteiger charge is 2.06. The molecule has 0 saturated carbocycles. The van der Waals surface area contributed by atoms with Crippen molar-refractivity contribution in [3.63, 3.8) is 0 Å². The van der Waals surface area contributed by atoms with Gasteiger partial charge >= 0.3 is 0 Å². The van der Waals surface area contributed by atoms with Crippen LogP contribution in [0.5, 0.6) is 0 Å². The zero-order valence-corrected chi connectivity index (χ0v) is 8.88. The van der Waals surface area contributed by atoms with Crippen molar-refractivity contribution < 1.29 is 5.11 Å². The Bertz CT molecular complexity index is 455. The van der Waals surface area contributed by atoms with E-state index in [9.17, 15) is 0 Å². The number of fused-ring (bicyclic) bond motifs is 1. The molecule has 0 aromatic carbocycles. The molecule has 0 atom stereocenters. The molecule has 2 aromatic heterocycles. The van der Waals surface area contributed by atoms with Crippen molar-refractivity contribution in [2.24, 2.45) is 0 Å². The smallest absolute Gasteiger partial charge is 0.155 e. The minimum Gasteiger partial charge on any atom is -0.390 e. The van der Waals surface area contributed by atoms with E-state index in [0.717, 1.165) is 10.2 Å². The van der Waals surface area contributed by atoms with Gasteiger partial charge in [0.05, 0.1) is 23.5 Å². The summed E-state index contributed by atoms with van der Waals surface area (Å²) in [6.45, 7) is -0.0477. The Kier molecular flexibility index (Phi) is 2.27. The average Bonchev–Trinajstić information content (AvgIpc) is 2.47. The van der Waals surface area contributed by atoms with Gasteiger partial charge in [0.15, 0.2) is 5.65 Å². The lowest BCUT2D eigenvalue weighted by Crippen LogP contribution is -1.92. The van der Waals surface area contributed by atoms with Crippen LogP contribution in [0.1, 0.15) is 5.69 Å². The summed E-state index contributed by atoms with van der Waals surface area (Å²) in [4.78, 5) is 4.08. The van der Waals surface area contributed by atoms with Crippen LogP contribution in [0.3, 0.4) is 0 Å². The molecule has 0 unspecified atom stereocenters. The molecule has 0 saturated heterocycles. The van der Waals surface area contributed by atoms with Crippen LogP contribution in [0.4, 0.5) is 0 Å². The van der Waals surface area contributed by atoms with E-state index < -0.39 is 0 Å². The monoisotopic (exact) mass is 260 g/mol. The van der Waals surface area contributed by atoms with Crippen molar-refractivity contribution in [1.29, 1.82) is 0 Å². The fourth-order valence-electron chi connectivity index (χ4n) is 1.18. The van der Waals surface area contributed by atoms with Gasteiger partial charge in [-0.25, -0.2) is 4.98 Å². The second-order valence-electron chi connectivity index (χ2n) is 2.61. The number of hydrogen-bond acceptors (Lipinski definition) is 2. The number of aliphatic hydroxyl groups excluding tert-OH is 1. The van der Waals surface area contributed by atoms with Gasteiger partial charge in [0, 0.05) is 10.7 Å². The molecule has 0 bridgehead atoms. The summed E-state index contributed by atoms with van der Waals surface area (Å²) >= 11 is 9.25. The number of aliphatic hydroxyl groups is 1. The second kappa shape index (κ2) is 3.29. The standard InChI is InChI=1S/C8H6BrClN2O/c9-5-1-7(10)8-11-2-6(4-13)12(8)3-5/h1-3,13H,4H2. The fourth-order valence-corrected chi connectivity index (χ4v) is 2.00. The van der Waals surface area contributed by atoms with Gasteiger partial charge in [-0.05, 0) is 22.0 Å². The van der Waals surface area contributed by atoms with E-state index in [1.165, 1.54) is 0 Å². The van der Waals surface area contributed by atoms with Gasteiger partial charge in [-0.15, -0.1) is 0 Å². The molecule has 0 aliphatic carbocycles. The van der Waals surface area contributed by atoms with E-state index >= 15 is 0 Å². The summed E-state index contributed by atoms with van der Waals surface area (Å²) in [6, 6.07) is 1.77. The first-order valence-electron chi connectivity index (χ1n) is 3.64. The molecular formula is C8H6BrClN2O. The first kappa shape index (κ1) is 8.99. The molecule has 0 spiro atoms. The summed E-state index contributed by atoms with van der Waals surface area (Å²) in [5, 5.41) is 9.55.